The number of rotatable bonds is 3. The Bertz CT molecular complexity index is 633. The van der Waals surface area contributed by atoms with Gasteiger partial charge in [-0.15, -0.1) is 0 Å². The van der Waals surface area contributed by atoms with Gasteiger partial charge in [0.2, 0.25) is 0 Å². The molecule has 0 radical (unpaired) electrons. The highest BCUT2D eigenvalue weighted by molar-refractivity contribution is 9.10. The van der Waals surface area contributed by atoms with Gasteiger partial charge >= 0.3 is 0 Å². The van der Waals surface area contributed by atoms with Crippen molar-refractivity contribution in [1.82, 2.24) is 14.9 Å². The van der Waals surface area contributed by atoms with Crippen LogP contribution in [0.4, 0.5) is 5.82 Å². The number of halogens is 1. The molecule has 4 nitrogen and oxygen atoms in total. The van der Waals surface area contributed by atoms with Crippen molar-refractivity contribution in [2.75, 3.05) is 18.0 Å². The van der Waals surface area contributed by atoms with Crippen LogP contribution < -0.4 is 4.90 Å². The molecule has 2 fully saturated rings. The molecule has 0 saturated carbocycles. The highest BCUT2D eigenvalue weighted by Crippen LogP contribution is 2.36. The molecule has 2 aliphatic rings. The first kappa shape index (κ1) is 13.2. The van der Waals surface area contributed by atoms with Gasteiger partial charge in [-0.25, -0.2) is 4.98 Å². The zero-order valence-electron chi connectivity index (χ0n) is 11.7. The Morgan fingerprint density at radius 2 is 1.95 bits per heavy atom. The van der Waals surface area contributed by atoms with Gasteiger partial charge in [-0.3, -0.25) is 9.88 Å². The summed E-state index contributed by atoms with van der Waals surface area (Å²) in [4.78, 5) is 14.0. The molecule has 2 aliphatic heterocycles. The van der Waals surface area contributed by atoms with Crippen molar-refractivity contribution >= 4 is 21.7 Å². The van der Waals surface area contributed by atoms with Crippen molar-refractivity contribution < 1.29 is 0 Å². The molecule has 4 heterocycles. The lowest BCUT2D eigenvalue weighted by Crippen LogP contribution is -2.46. The summed E-state index contributed by atoms with van der Waals surface area (Å²) in [6.45, 7) is 3.12. The van der Waals surface area contributed by atoms with E-state index in [9.17, 15) is 0 Å². The second-order valence-electron chi connectivity index (χ2n) is 5.76. The van der Waals surface area contributed by atoms with Crippen LogP contribution >= 0.6 is 15.9 Å². The molecule has 2 aromatic rings. The Hall–Kier alpha value is -1.46. The SMILES string of the molecule is Brc1cccnc1N1CC2CC1CN2Cc1ccccn1. The molecule has 4 rings (SSSR count). The minimum atomic E-state index is 0.574. The van der Waals surface area contributed by atoms with Crippen molar-refractivity contribution in [1.29, 1.82) is 0 Å². The second kappa shape index (κ2) is 5.39. The van der Waals surface area contributed by atoms with E-state index in [-0.39, 0.29) is 0 Å². The third kappa shape index (κ3) is 2.45. The number of hydrogen-bond donors (Lipinski definition) is 0. The maximum atomic E-state index is 4.54. The highest BCUT2D eigenvalue weighted by atomic mass is 79.9. The first-order chi connectivity index (χ1) is 10.3. The van der Waals surface area contributed by atoms with Crippen LogP contribution in [0, 0.1) is 0 Å². The van der Waals surface area contributed by atoms with E-state index in [2.05, 4.69) is 53.9 Å². The molecule has 0 aromatic carbocycles. The van der Waals surface area contributed by atoms with Crippen molar-refractivity contribution in [2.24, 2.45) is 0 Å². The molecule has 5 heteroatoms. The molecule has 108 valence electrons. The third-order valence-electron chi connectivity index (χ3n) is 4.46. The topological polar surface area (TPSA) is 32.3 Å². The van der Waals surface area contributed by atoms with Crippen molar-refractivity contribution in [2.45, 2.75) is 25.0 Å². The summed E-state index contributed by atoms with van der Waals surface area (Å²) in [5, 5.41) is 0. The normalized spacial score (nSPS) is 24.7. The van der Waals surface area contributed by atoms with Crippen LogP contribution in [0.25, 0.3) is 0 Å². The lowest BCUT2D eigenvalue weighted by Gasteiger charge is -2.35. The molecule has 0 N–H and O–H groups in total. The fraction of sp³-hybridized carbons (Fsp3) is 0.375. The molecule has 0 spiro atoms. The summed E-state index contributed by atoms with van der Waals surface area (Å²) in [5.74, 6) is 1.09. The maximum absolute atomic E-state index is 4.54. The van der Waals surface area contributed by atoms with Gasteiger partial charge in [0.25, 0.3) is 0 Å². The Kier molecular flexibility index (Phi) is 3.39. The summed E-state index contributed by atoms with van der Waals surface area (Å²) < 4.78 is 1.09. The summed E-state index contributed by atoms with van der Waals surface area (Å²) in [5.41, 5.74) is 1.16. The van der Waals surface area contributed by atoms with E-state index in [1.807, 2.05) is 24.5 Å². The number of piperazine rings is 1. The maximum Gasteiger partial charge on any atom is 0.143 e. The van der Waals surface area contributed by atoms with Crippen molar-refractivity contribution in [3.8, 4) is 0 Å². The molecule has 2 atom stereocenters. The fourth-order valence-electron chi connectivity index (χ4n) is 3.49. The third-order valence-corrected chi connectivity index (χ3v) is 5.08. The largest absolute Gasteiger partial charge is 0.350 e. The van der Waals surface area contributed by atoms with Crippen LogP contribution in [0.2, 0.25) is 0 Å². The number of aromatic nitrogens is 2. The highest BCUT2D eigenvalue weighted by Gasteiger charge is 2.44. The van der Waals surface area contributed by atoms with Gasteiger partial charge < -0.3 is 4.90 Å². The number of likely N-dealkylation sites (tertiary alicyclic amines) is 1. The number of fused-ring (bicyclic) bond motifs is 2. The van der Waals surface area contributed by atoms with Gasteiger partial charge in [0, 0.05) is 44.1 Å². The van der Waals surface area contributed by atoms with Crippen molar-refractivity contribution in [3.63, 3.8) is 0 Å². The number of hydrogen-bond acceptors (Lipinski definition) is 4. The molecule has 21 heavy (non-hydrogen) atoms. The van der Waals surface area contributed by atoms with Gasteiger partial charge in [0.15, 0.2) is 0 Å². The van der Waals surface area contributed by atoms with Gasteiger partial charge in [0.1, 0.15) is 5.82 Å². The quantitative estimate of drug-likeness (QED) is 0.856. The number of nitrogens with zero attached hydrogens (tertiary/aromatic N) is 4. The van der Waals surface area contributed by atoms with Crippen LogP contribution in [-0.4, -0.2) is 40.0 Å². The van der Waals surface area contributed by atoms with Gasteiger partial charge in [0.05, 0.1) is 10.2 Å². The van der Waals surface area contributed by atoms with E-state index in [4.69, 9.17) is 0 Å². The predicted octanol–water partition coefficient (Wildman–Crippen LogP) is 2.70. The first-order valence-electron chi connectivity index (χ1n) is 7.32. The zero-order chi connectivity index (χ0) is 14.2. The van der Waals surface area contributed by atoms with Crippen LogP contribution in [0.1, 0.15) is 12.1 Å². The zero-order valence-corrected chi connectivity index (χ0v) is 13.3. The Morgan fingerprint density at radius 3 is 2.67 bits per heavy atom. The minimum Gasteiger partial charge on any atom is -0.350 e. The standard InChI is InChI=1S/C16H17BrN4/c17-15-5-3-7-19-16(15)21-11-13-8-14(21)10-20(13)9-12-4-1-2-6-18-12/h1-7,13-14H,8-11H2. The molecule has 2 bridgehead atoms. The van der Waals surface area contributed by atoms with E-state index >= 15 is 0 Å². The fourth-order valence-corrected chi connectivity index (χ4v) is 3.97. The molecule has 0 amide bonds. The first-order valence-corrected chi connectivity index (χ1v) is 8.11. The number of anilines is 1. The summed E-state index contributed by atoms with van der Waals surface area (Å²) in [6, 6.07) is 11.4. The molecule has 2 unspecified atom stereocenters. The Labute approximate surface area is 132 Å². The number of pyridine rings is 2. The molecular formula is C16H17BrN4. The predicted molar refractivity (Wildman–Crippen MR) is 86.1 cm³/mol. The van der Waals surface area contributed by atoms with Crippen LogP contribution in [-0.2, 0) is 6.54 Å². The Balaban J connectivity index is 1.47. The summed E-state index contributed by atoms with van der Waals surface area (Å²) >= 11 is 3.62. The average molecular weight is 345 g/mol. The smallest absolute Gasteiger partial charge is 0.143 e. The summed E-state index contributed by atoms with van der Waals surface area (Å²) in [6.07, 6.45) is 4.98. The lowest BCUT2D eigenvalue weighted by atomic mass is 10.2. The lowest BCUT2D eigenvalue weighted by molar-refractivity contribution is 0.227. The molecule has 2 aromatic heterocycles. The van der Waals surface area contributed by atoms with Gasteiger partial charge in [-0.2, -0.15) is 0 Å². The van der Waals surface area contributed by atoms with E-state index in [1.54, 1.807) is 0 Å². The van der Waals surface area contributed by atoms with Crippen LogP contribution in [0.15, 0.2) is 47.2 Å². The monoisotopic (exact) mass is 344 g/mol. The second-order valence-corrected chi connectivity index (χ2v) is 6.61. The minimum absolute atomic E-state index is 0.574. The van der Waals surface area contributed by atoms with E-state index in [1.165, 1.54) is 6.42 Å². The van der Waals surface area contributed by atoms with E-state index in [0.29, 0.717) is 12.1 Å². The molecule has 0 aliphatic carbocycles. The summed E-state index contributed by atoms with van der Waals surface area (Å²) in [7, 11) is 0. The van der Waals surface area contributed by atoms with Crippen LogP contribution in [0.5, 0.6) is 0 Å². The Morgan fingerprint density at radius 1 is 1.05 bits per heavy atom. The molecule has 2 saturated heterocycles. The van der Waals surface area contributed by atoms with E-state index in [0.717, 1.165) is 35.6 Å². The van der Waals surface area contributed by atoms with Crippen molar-refractivity contribution in [3.05, 3.63) is 52.9 Å². The molecular weight excluding hydrogens is 328 g/mol. The van der Waals surface area contributed by atoms with Gasteiger partial charge in [-0.1, -0.05) is 6.07 Å². The van der Waals surface area contributed by atoms with Crippen LogP contribution in [0.3, 0.4) is 0 Å². The van der Waals surface area contributed by atoms with Gasteiger partial charge in [-0.05, 0) is 46.6 Å². The average Bonchev–Trinajstić information content (AvgIpc) is 3.09. The van der Waals surface area contributed by atoms with E-state index < -0.39 is 0 Å².